The van der Waals surface area contributed by atoms with Crippen LogP contribution in [0.15, 0.2) is 79.0 Å². The Bertz CT molecular complexity index is 1210. The summed E-state index contributed by atoms with van der Waals surface area (Å²) in [6, 6.07) is 21.8. The Balaban J connectivity index is 1.77. The van der Waals surface area contributed by atoms with Crippen molar-refractivity contribution in [2.45, 2.75) is 0 Å². The molecule has 5 nitrogen and oxygen atoms in total. The van der Waals surface area contributed by atoms with Crippen LogP contribution >= 0.6 is 0 Å². The standard InChI is InChI=1S/C26H19NO4/c1-30-18-11-7-16(8-12-18)22-15-27(17-9-13-19(31-2)14-10-17)24-23(22)25(28)20-5-3-4-6-21(20)26(24)29/h3-15H,1-2H3. The monoisotopic (exact) mass is 409 g/mol. The summed E-state index contributed by atoms with van der Waals surface area (Å²) < 4.78 is 12.3. The van der Waals surface area contributed by atoms with E-state index in [1.807, 2.05) is 54.7 Å². The molecule has 4 aromatic rings. The lowest BCUT2D eigenvalue weighted by atomic mass is 9.85. The molecule has 3 aromatic carbocycles. The Morgan fingerprint density at radius 2 is 1.19 bits per heavy atom. The SMILES string of the molecule is COc1ccc(-c2cn(-c3ccc(OC)cc3)c3c2C(=O)c2ccccc2C3=O)cc1. The van der Waals surface area contributed by atoms with E-state index in [0.717, 1.165) is 17.0 Å². The number of fused-ring (bicyclic) bond motifs is 2. The molecule has 5 heteroatoms. The van der Waals surface area contributed by atoms with Crippen LogP contribution in [0.1, 0.15) is 32.0 Å². The van der Waals surface area contributed by atoms with Crippen LogP contribution in [0.25, 0.3) is 16.8 Å². The van der Waals surface area contributed by atoms with Gasteiger partial charge in [-0.15, -0.1) is 0 Å². The van der Waals surface area contributed by atoms with Crippen LogP contribution in [-0.2, 0) is 0 Å². The van der Waals surface area contributed by atoms with Crippen LogP contribution in [-0.4, -0.2) is 30.4 Å². The molecule has 152 valence electrons. The highest BCUT2D eigenvalue weighted by Crippen LogP contribution is 2.38. The number of methoxy groups -OCH3 is 2. The fourth-order valence-corrected chi connectivity index (χ4v) is 4.04. The van der Waals surface area contributed by atoms with Crippen LogP contribution in [0.5, 0.6) is 11.5 Å². The molecule has 0 unspecified atom stereocenters. The fraction of sp³-hybridized carbons (Fsp3) is 0.0769. The van der Waals surface area contributed by atoms with E-state index in [4.69, 9.17) is 9.47 Å². The van der Waals surface area contributed by atoms with E-state index in [-0.39, 0.29) is 11.6 Å². The van der Waals surface area contributed by atoms with E-state index in [1.54, 1.807) is 43.1 Å². The zero-order valence-corrected chi connectivity index (χ0v) is 17.1. The van der Waals surface area contributed by atoms with Gasteiger partial charge in [-0.1, -0.05) is 36.4 Å². The molecule has 0 spiro atoms. The summed E-state index contributed by atoms with van der Waals surface area (Å²) in [6.07, 6.45) is 1.86. The lowest BCUT2D eigenvalue weighted by molar-refractivity contribution is 0.0975. The number of aromatic nitrogens is 1. The second kappa shape index (κ2) is 7.29. The number of nitrogens with zero attached hydrogens (tertiary/aromatic N) is 1. The summed E-state index contributed by atoms with van der Waals surface area (Å²) in [5, 5.41) is 0. The van der Waals surface area contributed by atoms with Crippen molar-refractivity contribution in [3.63, 3.8) is 0 Å². The molecular formula is C26H19NO4. The average molecular weight is 409 g/mol. The zero-order chi connectivity index (χ0) is 21.5. The van der Waals surface area contributed by atoms with Crippen LogP contribution in [0.2, 0.25) is 0 Å². The van der Waals surface area contributed by atoms with E-state index in [1.165, 1.54) is 0 Å². The molecule has 0 radical (unpaired) electrons. The van der Waals surface area contributed by atoms with E-state index in [0.29, 0.717) is 33.7 Å². The van der Waals surface area contributed by atoms with Crippen LogP contribution in [0.3, 0.4) is 0 Å². The minimum atomic E-state index is -0.166. The van der Waals surface area contributed by atoms with Gasteiger partial charge in [-0.05, 0) is 42.0 Å². The van der Waals surface area contributed by atoms with Gasteiger partial charge in [-0.3, -0.25) is 9.59 Å². The highest BCUT2D eigenvalue weighted by Gasteiger charge is 2.35. The van der Waals surface area contributed by atoms with Gasteiger partial charge in [-0.2, -0.15) is 0 Å². The molecule has 0 fully saturated rings. The summed E-state index contributed by atoms with van der Waals surface area (Å²) in [7, 11) is 3.21. The Morgan fingerprint density at radius 1 is 0.645 bits per heavy atom. The lowest BCUT2D eigenvalue weighted by Gasteiger charge is -2.18. The van der Waals surface area contributed by atoms with Gasteiger partial charge in [0, 0.05) is 28.6 Å². The van der Waals surface area contributed by atoms with Crippen molar-refractivity contribution in [1.29, 1.82) is 0 Å². The second-order valence-electron chi connectivity index (χ2n) is 7.27. The Hall–Kier alpha value is -4.12. The molecule has 31 heavy (non-hydrogen) atoms. The molecule has 1 aromatic heterocycles. The number of carbonyl (C=O) groups is 2. The molecule has 1 aliphatic rings. The minimum absolute atomic E-state index is 0.150. The summed E-state index contributed by atoms with van der Waals surface area (Å²) in [6.45, 7) is 0. The predicted molar refractivity (Wildman–Crippen MR) is 118 cm³/mol. The molecule has 0 aliphatic heterocycles. The third-order valence-electron chi connectivity index (χ3n) is 5.62. The van der Waals surface area contributed by atoms with Crippen molar-refractivity contribution in [2.75, 3.05) is 14.2 Å². The van der Waals surface area contributed by atoms with Gasteiger partial charge in [0.2, 0.25) is 5.78 Å². The van der Waals surface area contributed by atoms with Crippen molar-refractivity contribution >= 4 is 11.6 Å². The second-order valence-corrected chi connectivity index (χ2v) is 7.27. The van der Waals surface area contributed by atoms with Gasteiger partial charge in [0.1, 0.15) is 17.2 Å². The van der Waals surface area contributed by atoms with E-state index in [9.17, 15) is 9.59 Å². The number of hydrogen-bond donors (Lipinski definition) is 0. The number of hydrogen-bond acceptors (Lipinski definition) is 4. The first kappa shape index (κ1) is 18.9. The van der Waals surface area contributed by atoms with Crippen molar-refractivity contribution in [1.82, 2.24) is 4.57 Å². The smallest absolute Gasteiger partial charge is 0.211 e. The maximum Gasteiger partial charge on any atom is 0.211 e. The van der Waals surface area contributed by atoms with E-state index < -0.39 is 0 Å². The van der Waals surface area contributed by atoms with Crippen molar-refractivity contribution in [3.05, 3.63) is 101 Å². The first-order valence-corrected chi connectivity index (χ1v) is 9.85. The summed E-state index contributed by atoms with van der Waals surface area (Å²) in [4.78, 5) is 27.0. The molecule has 0 saturated heterocycles. The normalized spacial score (nSPS) is 12.3. The van der Waals surface area contributed by atoms with Crippen LogP contribution < -0.4 is 9.47 Å². The third-order valence-corrected chi connectivity index (χ3v) is 5.62. The predicted octanol–water partition coefficient (Wildman–Crippen LogP) is 4.94. The first-order valence-electron chi connectivity index (χ1n) is 9.85. The highest BCUT2D eigenvalue weighted by molar-refractivity contribution is 6.30. The Morgan fingerprint density at radius 3 is 1.77 bits per heavy atom. The topological polar surface area (TPSA) is 57.5 Å². The summed E-state index contributed by atoms with van der Waals surface area (Å²) in [5.41, 5.74) is 3.98. The molecule has 1 heterocycles. The summed E-state index contributed by atoms with van der Waals surface area (Å²) >= 11 is 0. The minimum Gasteiger partial charge on any atom is -0.497 e. The highest BCUT2D eigenvalue weighted by atomic mass is 16.5. The average Bonchev–Trinajstić information content (AvgIpc) is 3.24. The molecular weight excluding hydrogens is 390 g/mol. The van der Waals surface area contributed by atoms with E-state index >= 15 is 0 Å². The van der Waals surface area contributed by atoms with E-state index in [2.05, 4.69) is 0 Å². The van der Waals surface area contributed by atoms with Crippen LogP contribution in [0, 0.1) is 0 Å². The van der Waals surface area contributed by atoms with Gasteiger partial charge >= 0.3 is 0 Å². The number of carbonyl (C=O) groups excluding carboxylic acids is 2. The number of benzene rings is 3. The van der Waals surface area contributed by atoms with Crippen molar-refractivity contribution < 1.29 is 19.1 Å². The quantitative estimate of drug-likeness (QED) is 0.422. The first-order chi connectivity index (χ1) is 15.1. The van der Waals surface area contributed by atoms with Crippen molar-refractivity contribution in [3.8, 4) is 28.3 Å². The largest absolute Gasteiger partial charge is 0.497 e. The van der Waals surface area contributed by atoms with Gasteiger partial charge in [0.15, 0.2) is 5.78 Å². The summed E-state index contributed by atoms with van der Waals surface area (Å²) in [5.74, 6) is 1.12. The Labute approximate surface area is 179 Å². The van der Waals surface area contributed by atoms with Gasteiger partial charge in [0.05, 0.1) is 19.8 Å². The molecule has 0 N–H and O–H groups in total. The number of ketones is 2. The molecule has 1 aliphatic carbocycles. The van der Waals surface area contributed by atoms with Gasteiger partial charge < -0.3 is 14.0 Å². The Kier molecular flexibility index (Phi) is 4.44. The molecule has 0 atom stereocenters. The molecule has 0 bridgehead atoms. The van der Waals surface area contributed by atoms with Gasteiger partial charge in [0.25, 0.3) is 0 Å². The maximum atomic E-state index is 13.5. The maximum absolute atomic E-state index is 13.5. The van der Waals surface area contributed by atoms with Crippen LogP contribution in [0.4, 0.5) is 0 Å². The molecule has 0 amide bonds. The molecule has 0 saturated carbocycles. The number of ether oxygens (including phenoxy) is 2. The number of rotatable bonds is 4. The molecule has 5 rings (SSSR count). The zero-order valence-electron chi connectivity index (χ0n) is 17.1. The van der Waals surface area contributed by atoms with Gasteiger partial charge in [-0.25, -0.2) is 0 Å². The third kappa shape index (κ3) is 2.94. The van der Waals surface area contributed by atoms with Crippen molar-refractivity contribution in [2.24, 2.45) is 0 Å². The fourth-order valence-electron chi connectivity index (χ4n) is 4.04. The lowest BCUT2D eigenvalue weighted by Crippen LogP contribution is -2.22.